The quantitative estimate of drug-likeness (QED) is 0.0440. The van der Waals surface area contributed by atoms with Crippen LogP contribution in [0.5, 0.6) is 0 Å². The van der Waals surface area contributed by atoms with Crippen LogP contribution in [0.3, 0.4) is 0 Å². The van der Waals surface area contributed by atoms with Gasteiger partial charge in [-0.05, 0) is 29.6 Å². The number of hydrogen-bond acceptors (Lipinski definition) is 9. The van der Waals surface area contributed by atoms with E-state index in [0.717, 1.165) is 37.8 Å². The second-order valence-electron chi connectivity index (χ2n) is 12.1. The number of unbranched alkanes of at least 4 members (excludes halogenated alkanes) is 11. The van der Waals surface area contributed by atoms with Gasteiger partial charge in [0.15, 0.2) is 17.9 Å². The van der Waals surface area contributed by atoms with E-state index in [4.69, 9.17) is 15.0 Å². The summed E-state index contributed by atoms with van der Waals surface area (Å²) in [5, 5.41) is 58.4. The van der Waals surface area contributed by atoms with Crippen LogP contribution < -0.4 is 5.32 Å². The maximum absolute atomic E-state index is 13.7. The summed E-state index contributed by atoms with van der Waals surface area (Å²) in [6.45, 7) is 1.34. The fourth-order valence-corrected chi connectivity index (χ4v) is 5.47. The van der Waals surface area contributed by atoms with Crippen LogP contribution in [0.2, 0.25) is 0 Å². The molecule has 6 N–H and O–H groups in total. The molecule has 1 aromatic carbocycles. The van der Waals surface area contributed by atoms with E-state index in [2.05, 4.69) is 22.3 Å². The van der Waals surface area contributed by atoms with Crippen molar-refractivity contribution in [3.05, 3.63) is 45.8 Å². The first kappa shape index (κ1) is 39.8. The topological polar surface area (TPSA) is 197 Å². The van der Waals surface area contributed by atoms with Crippen molar-refractivity contribution in [1.29, 1.82) is 0 Å². The lowest BCUT2D eigenvalue weighted by atomic mass is 9.98. The number of carbonyl (C=O) groups is 1. The lowest BCUT2D eigenvalue weighted by Gasteiger charge is -2.40. The first-order valence-corrected chi connectivity index (χ1v) is 16.5. The van der Waals surface area contributed by atoms with Crippen LogP contribution in [-0.4, -0.2) is 93.5 Å². The molecular weight excluding hydrogens is 606 g/mol. The third kappa shape index (κ3) is 14.1. The zero-order chi connectivity index (χ0) is 33.9. The van der Waals surface area contributed by atoms with Gasteiger partial charge < -0.3 is 40.3 Å². The van der Waals surface area contributed by atoms with Gasteiger partial charge in [0.2, 0.25) is 5.91 Å². The fourth-order valence-electron chi connectivity index (χ4n) is 5.47. The molecule has 262 valence electrons. The smallest absolute Gasteiger partial charge is 0.224 e. The molecule has 14 heteroatoms. The van der Waals surface area contributed by atoms with Gasteiger partial charge in [-0.15, -0.1) is 0 Å². The summed E-state index contributed by atoms with van der Waals surface area (Å²) in [5.74, 6) is -2.87. The van der Waals surface area contributed by atoms with Gasteiger partial charge in [-0.25, -0.2) is 8.78 Å². The van der Waals surface area contributed by atoms with Crippen molar-refractivity contribution in [1.82, 2.24) is 5.32 Å². The summed E-state index contributed by atoms with van der Waals surface area (Å²) >= 11 is 0. The number of halogens is 2. The minimum Gasteiger partial charge on any atom is -0.390 e. The van der Waals surface area contributed by atoms with E-state index in [-0.39, 0.29) is 24.9 Å². The van der Waals surface area contributed by atoms with E-state index in [9.17, 15) is 39.1 Å². The van der Waals surface area contributed by atoms with Crippen molar-refractivity contribution in [2.24, 2.45) is 5.11 Å². The SMILES string of the molecule is CCCCCCCCCCCCCC[C@@H](O)[C@@H](O)[C@H](CO[C@H]1OC(CN=[N+]=[N-])[C@H](O)[C@H](O)C1O)NC(=O)Cc1ccc(F)c(F)c1. The molecule has 1 aliphatic rings. The summed E-state index contributed by atoms with van der Waals surface area (Å²) in [6, 6.07) is 1.77. The Hall–Kier alpha value is -2.42. The van der Waals surface area contributed by atoms with Crippen LogP contribution in [0.25, 0.3) is 10.4 Å². The van der Waals surface area contributed by atoms with E-state index in [1.54, 1.807) is 0 Å². The van der Waals surface area contributed by atoms with Gasteiger partial charge in [0.1, 0.15) is 24.4 Å². The molecule has 1 aromatic rings. The van der Waals surface area contributed by atoms with Gasteiger partial charge in [0, 0.05) is 4.91 Å². The lowest BCUT2D eigenvalue weighted by Crippen LogP contribution is -2.60. The second-order valence-corrected chi connectivity index (χ2v) is 12.1. The number of aliphatic hydroxyl groups is 5. The Balaban J connectivity index is 1.92. The summed E-state index contributed by atoms with van der Waals surface area (Å²) in [4.78, 5) is 15.4. The number of rotatable bonds is 23. The van der Waals surface area contributed by atoms with Gasteiger partial charge in [-0.2, -0.15) is 0 Å². The molecule has 12 nitrogen and oxygen atoms in total. The van der Waals surface area contributed by atoms with E-state index < -0.39 is 73.1 Å². The molecule has 0 saturated carbocycles. The minimum atomic E-state index is -1.72. The summed E-state index contributed by atoms with van der Waals surface area (Å²) in [7, 11) is 0. The van der Waals surface area contributed by atoms with E-state index in [1.165, 1.54) is 51.0 Å². The second kappa shape index (κ2) is 22.2. The van der Waals surface area contributed by atoms with E-state index in [0.29, 0.717) is 6.42 Å². The Labute approximate surface area is 269 Å². The highest BCUT2D eigenvalue weighted by molar-refractivity contribution is 5.79. The third-order valence-corrected chi connectivity index (χ3v) is 8.29. The highest BCUT2D eigenvalue weighted by Crippen LogP contribution is 2.23. The minimum absolute atomic E-state index is 0.173. The van der Waals surface area contributed by atoms with Gasteiger partial charge in [0.05, 0.1) is 37.8 Å². The lowest BCUT2D eigenvalue weighted by molar-refractivity contribution is -0.296. The summed E-state index contributed by atoms with van der Waals surface area (Å²) in [5.41, 5.74) is 8.76. The maximum Gasteiger partial charge on any atom is 0.224 e. The molecule has 2 unspecified atom stereocenters. The molecule has 0 spiro atoms. The van der Waals surface area contributed by atoms with Crippen LogP contribution in [0.1, 0.15) is 96.0 Å². The molecule has 0 aromatic heterocycles. The highest BCUT2D eigenvalue weighted by atomic mass is 19.2. The first-order chi connectivity index (χ1) is 22.1. The molecule has 1 fully saturated rings. The maximum atomic E-state index is 13.7. The van der Waals surface area contributed by atoms with E-state index in [1.807, 2.05) is 0 Å². The molecule has 0 bridgehead atoms. The van der Waals surface area contributed by atoms with Crippen LogP contribution in [0.15, 0.2) is 23.3 Å². The number of nitrogens with zero attached hydrogens (tertiary/aromatic N) is 3. The average Bonchev–Trinajstić information content (AvgIpc) is 3.04. The Kier molecular flexibility index (Phi) is 19.2. The monoisotopic (exact) mass is 658 g/mol. The summed E-state index contributed by atoms with van der Waals surface area (Å²) < 4.78 is 38.0. The number of hydrogen-bond donors (Lipinski definition) is 6. The van der Waals surface area contributed by atoms with E-state index >= 15 is 0 Å². The van der Waals surface area contributed by atoms with Crippen molar-refractivity contribution >= 4 is 5.91 Å². The van der Waals surface area contributed by atoms with Crippen molar-refractivity contribution in [3.8, 4) is 0 Å². The molecule has 1 amide bonds. The van der Waals surface area contributed by atoms with Crippen molar-refractivity contribution in [2.75, 3.05) is 13.2 Å². The van der Waals surface area contributed by atoms with Gasteiger partial charge in [-0.3, -0.25) is 4.79 Å². The fraction of sp³-hybridized carbons (Fsp3) is 0.781. The molecule has 1 heterocycles. The number of carbonyl (C=O) groups excluding carboxylic acids is 1. The van der Waals surface area contributed by atoms with Crippen LogP contribution >= 0.6 is 0 Å². The number of ether oxygens (including phenoxy) is 2. The molecule has 46 heavy (non-hydrogen) atoms. The predicted molar refractivity (Wildman–Crippen MR) is 166 cm³/mol. The van der Waals surface area contributed by atoms with Crippen molar-refractivity contribution < 1.29 is 48.6 Å². The standard InChI is InChI=1S/C32H52F2N4O8/c1-2-3-4-5-6-7-8-9-10-11-12-13-14-25(39)28(41)24(37-27(40)18-21-15-16-22(33)23(34)17-21)20-45-32-31(44)30(43)29(42)26(46-32)19-36-38-35/h15-17,24-26,28-32,39,41-44H,2-14,18-20H2,1H3,(H,37,40)/t24-,25+,26?,28-,29-,30-,31?,32-/m0/s1. The highest BCUT2D eigenvalue weighted by Gasteiger charge is 2.44. The molecule has 8 atom stereocenters. The van der Waals surface area contributed by atoms with Gasteiger partial charge in [0.25, 0.3) is 0 Å². The number of benzene rings is 1. The number of azide groups is 1. The first-order valence-electron chi connectivity index (χ1n) is 16.5. The Morgan fingerprint density at radius 3 is 2.15 bits per heavy atom. The molecule has 1 saturated heterocycles. The van der Waals surface area contributed by atoms with Crippen LogP contribution in [-0.2, 0) is 20.7 Å². The molecule has 0 aliphatic carbocycles. The number of amides is 1. The molecule has 1 aliphatic heterocycles. The number of aliphatic hydroxyl groups excluding tert-OH is 5. The largest absolute Gasteiger partial charge is 0.390 e. The normalized spacial score (nSPS) is 23.3. The zero-order valence-corrected chi connectivity index (χ0v) is 26.7. The third-order valence-electron chi connectivity index (χ3n) is 8.29. The predicted octanol–water partition coefficient (Wildman–Crippen LogP) is 3.94. The van der Waals surface area contributed by atoms with Crippen molar-refractivity contribution in [3.63, 3.8) is 0 Å². The Morgan fingerprint density at radius 2 is 1.57 bits per heavy atom. The van der Waals surface area contributed by atoms with Gasteiger partial charge in [-0.1, -0.05) is 95.2 Å². The molecular formula is C32H52F2N4O8. The molecule has 0 radical (unpaired) electrons. The Morgan fingerprint density at radius 1 is 0.957 bits per heavy atom. The van der Waals surface area contributed by atoms with Gasteiger partial charge >= 0.3 is 0 Å². The zero-order valence-electron chi connectivity index (χ0n) is 26.7. The van der Waals surface area contributed by atoms with Crippen molar-refractivity contribution in [2.45, 2.75) is 146 Å². The molecule has 2 rings (SSSR count). The Bertz CT molecular complexity index is 1070. The number of nitrogens with one attached hydrogen (secondary N) is 1. The van der Waals surface area contributed by atoms with Crippen LogP contribution in [0, 0.1) is 11.6 Å². The summed E-state index contributed by atoms with van der Waals surface area (Å²) in [6.07, 6.45) is 2.99. The average molecular weight is 659 g/mol. The van der Waals surface area contributed by atoms with Crippen LogP contribution in [0.4, 0.5) is 8.78 Å².